The second-order valence-electron chi connectivity index (χ2n) is 9.91. The van der Waals surface area contributed by atoms with Crippen LogP contribution in [0.4, 0.5) is 0 Å². The SMILES string of the molecule is CCOC(=O)CC[C@H](C)C[C@@H](OC(=O)[C@H](C)CCCCOCc1ccccc1)C(C)(C)C. The second kappa shape index (κ2) is 15.0. The molecule has 0 N–H and O–H groups in total. The Morgan fingerprint density at radius 1 is 1.00 bits per heavy atom. The molecule has 0 saturated carbocycles. The predicted octanol–water partition coefficient (Wildman–Crippen LogP) is 6.34. The van der Waals surface area contributed by atoms with E-state index in [1.54, 1.807) is 0 Å². The van der Waals surface area contributed by atoms with Gasteiger partial charge in [0.25, 0.3) is 0 Å². The van der Waals surface area contributed by atoms with Crippen molar-refractivity contribution in [2.24, 2.45) is 17.3 Å². The first-order chi connectivity index (χ1) is 15.1. The van der Waals surface area contributed by atoms with Crippen molar-refractivity contribution in [2.75, 3.05) is 13.2 Å². The lowest BCUT2D eigenvalue weighted by molar-refractivity contribution is -0.161. The zero-order valence-electron chi connectivity index (χ0n) is 21.0. The van der Waals surface area contributed by atoms with Crippen molar-refractivity contribution in [3.05, 3.63) is 35.9 Å². The highest BCUT2D eigenvalue weighted by Gasteiger charge is 2.31. The number of carbonyl (C=O) groups is 2. The number of hydrogen-bond donors (Lipinski definition) is 0. The van der Waals surface area contributed by atoms with Crippen molar-refractivity contribution in [2.45, 2.75) is 92.8 Å². The lowest BCUT2D eigenvalue weighted by Crippen LogP contribution is -2.35. The minimum atomic E-state index is -0.177. The van der Waals surface area contributed by atoms with Gasteiger partial charge in [0.1, 0.15) is 6.10 Å². The molecule has 0 aliphatic carbocycles. The molecule has 0 saturated heterocycles. The highest BCUT2D eigenvalue weighted by atomic mass is 16.5. The maximum absolute atomic E-state index is 12.7. The van der Waals surface area contributed by atoms with E-state index in [1.165, 1.54) is 5.56 Å². The summed E-state index contributed by atoms with van der Waals surface area (Å²) in [5.41, 5.74) is 1.02. The minimum absolute atomic E-state index is 0.132. The fourth-order valence-corrected chi connectivity index (χ4v) is 3.45. The van der Waals surface area contributed by atoms with Crippen LogP contribution in [0.25, 0.3) is 0 Å². The number of hydrogen-bond acceptors (Lipinski definition) is 5. The summed E-state index contributed by atoms with van der Waals surface area (Å²) in [6.07, 6.45) is 4.37. The molecule has 1 rings (SSSR count). The second-order valence-corrected chi connectivity index (χ2v) is 9.91. The van der Waals surface area contributed by atoms with Gasteiger partial charge in [0.15, 0.2) is 0 Å². The molecule has 0 fully saturated rings. The summed E-state index contributed by atoms with van der Waals surface area (Å²) in [5, 5.41) is 0. The third-order valence-electron chi connectivity index (χ3n) is 5.68. The molecule has 0 amide bonds. The minimum Gasteiger partial charge on any atom is -0.466 e. The molecular weight excluding hydrogens is 404 g/mol. The Morgan fingerprint density at radius 2 is 1.69 bits per heavy atom. The molecule has 5 heteroatoms. The first-order valence-corrected chi connectivity index (χ1v) is 12.1. The molecule has 0 bridgehead atoms. The maximum Gasteiger partial charge on any atom is 0.308 e. The molecule has 0 radical (unpaired) electrons. The van der Waals surface area contributed by atoms with Gasteiger partial charge >= 0.3 is 11.9 Å². The molecular formula is C27H44O5. The highest BCUT2D eigenvalue weighted by Crippen LogP contribution is 2.30. The van der Waals surface area contributed by atoms with Crippen molar-refractivity contribution in [3.63, 3.8) is 0 Å². The normalized spacial score (nSPS) is 14.4. The standard InChI is InChI=1S/C27H44O5/c1-7-31-25(28)17-16-21(2)19-24(27(4,5)6)32-26(29)22(3)13-11-12-18-30-20-23-14-9-8-10-15-23/h8-10,14-15,21-22,24H,7,11-13,16-20H2,1-6H3/t21-,22+,24+/m0/s1. The summed E-state index contributed by atoms with van der Waals surface area (Å²) in [6, 6.07) is 10.1. The highest BCUT2D eigenvalue weighted by molar-refractivity contribution is 5.72. The fraction of sp³-hybridized carbons (Fsp3) is 0.704. The van der Waals surface area contributed by atoms with E-state index >= 15 is 0 Å². The Labute approximate surface area is 195 Å². The van der Waals surface area contributed by atoms with Gasteiger partial charge in [-0.3, -0.25) is 9.59 Å². The van der Waals surface area contributed by atoms with Crippen LogP contribution in [0.3, 0.4) is 0 Å². The van der Waals surface area contributed by atoms with Gasteiger partial charge in [0.2, 0.25) is 0 Å². The van der Waals surface area contributed by atoms with E-state index in [0.29, 0.717) is 26.2 Å². The van der Waals surface area contributed by atoms with Gasteiger partial charge in [-0.2, -0.15) is 0 Å². The number of ether oxygens (including phenoxy) is 3. The number of carbonyl (C=O) groups excluding carboxylic acids is 2. The Bertz CT molecular complexity index is 650. The van der Waals surface area contributed by atoms with Gasteiger partial charge in [0.05, 0.1) is 19.1 Å². The van der Waals surface area contributed by atoms with Crippen LogP contribution < -0.4 is 0 Å². The van der Waals surface area contributed by atoms with E-state index in [4.69, 9.17) is 14.2 Å². The van der Waals surface area contributed by atoms with Gasteiger partial charge in [-0.15, -0.1) is 0 Å². The average Bonchev–Trinajstić information content (AvgIpc) is 2.74. The van der Waals surface area contributed by atoms with Crippen LogP contribution in [-0.2, 0) is 30.4 Å². The van der Waals surface area contributed by atoms with Crippen molar-refractivity contribution in [3.8, 4) is 0 Å². The summed E-state index contributed by atoms with van der Waals surface area (Å²) < 4.78 is 16.7. The van der Waals surface area contributed by atoms with Crippen LogP contribution in [0, 0.1) is 17.3 Å². The van der Waals surface area contributed by atoms with Gasteiger partial charge in [-0.05, 0) is 49.5 Å². The van der Waals surface area contributed by atoms with Crippen molar-refractivity contribution in [1.29, 1.82) is 0 Å². The number of rotatable bonds is 15. The number of unbranched alkanes of at least 4 members (excludes halogenated alkanes) is 1. The number of esters is 2. The first-order valence-electron chi connectivity index (χ1n) is 12.1. The molecule has 0 heterocycles. The molecule has 5 nitrogen and oxygen atoms in total. The largest absolute Gasteiger partial charge is 0.466 e. The molecule has 0 aliphatic heterocycles. The Balaban J connectivity index is 2.34. The predicted molar refractivity (Wildman–Crippen MR) is 128 cm³/mol. The summed E-state index contributed by atoms with van der Waals surface area (Å²) >= 11 is 0. The van der Waals surface area contributed by atoms with Gasteiger partial charge in [-0.25, -0.2) is 0 Å². The zero-order chi connectivity index (χ0) is 24.0. The van der Waals surface area contributed by atoms with Crippen LogP contribution in [0.2, 0.25) is 0 Å². The Kier molecular flexibility index (Phi) is 13.2. The molecule has 1 aromatic carbocycles. The molecule has 3 atom stereocenters. The van der Waals surface area contributed by atoms with E-state index in [-0.39, 0.29) is 35.3 Å². The van der Waals surface area contributed by atoms with Crippen LogP contribution in [0.1, 0.15) is 85.6 Å². The molecule has 1 aromatic rings. The smallest absolute Gasteiger partial charge is 0.308 e. The summed E-state index contributed by atoms with van der Waals surface area (Å²) in [4.78, 5) is 24.3. The Hall–Kier alpha value is -1.88. The van der Waals surface area contributed by atoms with E-state index in [1.807, 2.05) is 32.0 Å². The van der Waals surface area contributed by atoms with Crippen molar-refractivity contribution in [1.82, 2.24) is 0 Å². The quantitative estimate of drug-likeness (QED) is 0.231. The van der Waals surface area contributed by atoms with Crippen LogP contribution in [0.5, 0.6) is 0 Å². The topological polar surface area (TPSA) is 61.8 Å². The lowest BCUT2D eigenvalue weighted by Gasteiger charge is -2.33. The molecule has 0 aliphatic rings. The van der Waals surface area contributed by atoms with Crippen LogP contribution >= 0.6 is 0 Å². The lowest BCUT2D eigenvalue weighted by atomic mass is 9.82. The third-order valence-corrected chi connectivity index (χ3v) is 5.68. The van der Waals surface area contributed by atoms with Crippen molar-refractivity contribution >= 4 is 11.9 Å². The molecule has 182 valence electrons. The molecule has 0 unspecified atom stereocenters. The van der Waals surface area contributed by atoms with Gasteiger partial charge in [-0.1, -0.05) is 71.4 Å². The number of benzene rings is 1. The summed E-state index contributed by atoms with van der Waals surface area (Å²) in [5.74, 6) is -0.157. The van der Waals surface area contributed by atoms with Gasteiger partial charge in [0, 0.05) is 13.0 Å². The fourth-order valence-electron chi connectivity index (χ4n) is 3.45. The van der Waals surface area contributed by atoms with E-state index in [0.717, 1.165) is 32.1 Å². The molecule has 32 heavy (non-hydrogen) atoms. The summed E-state index contributed by atoms with van der Waals surface area (Å²) in [7, 11) is 0. The third kappa shape index (κ3) is 12.2. The summed E-state index contributed by atoms with van der Waals surface area (Å²) in [6.45, 7) is 13.9. The van der Waals surface area contributed by atoms with E-state index < -0.39 is 0 Å². The zero-order valence-corrected chi connectivity index (χ0v) is 21.0. The maximum atomic E-state index is 12.7. The van der Waals surface area contributed by atoms with Gasteiger partial charge < -0.3 is 14.2 Å². The monoisotopic (exact) mass is 448 g/mol. The molecule has 0 spiro atoms. The average molecular weight is 449 g/mol. The Morgan fingerprint density at radius 3 is 2.31 bits per heavy atom. The van der Waals surface area contributed by atoms with Crippen molar-refractivity contribution < 1.29 is 23.8 Å². The van der Waals surface area contributed by atoms with E-state index in [9.17, 15) is 9.59 Å². The van der Waals surface area contributed by atoms with Crippen LogP contribution in [0.15, 0.2) is 30.3 Å². The molecule has 0 aromatic heterocycles. The van der Waals surface area contributed by atoms with Crippen LogP contribution in [-0.4, -0.2) is 31.3 Å². The first kappa shape index (κ1) is 28.2. The van der Waals surface area contributed by atoms with E-state index in [2.05, 4.69) is 39.8 Å².